The lowest BCUT2D eigenvalue weighted by molar-refractivity contribution is 0.203. The van der Waals surface area contributed by atoms with Crippen LogP contribution < -0.4 is 5.32 Å². The average molecular weight is 276 g/mol. The highest BCUT2D eigenvalue weighted by Gasteiger charge is 2.09. The van der Waals surface area contributed by atoms with Gasteiger partial charge in [-0.25, -0.2) is 0 Å². The van der Waals surface area contributed by atoms with Crippen molar-refractivity contribution in [3.05, 3.63) is 48.0 Å². The van der Waals surface area contributed by atoms with Gasteiger partial charge in [0.05, 0.1) is 6.61 Å². The molecule has 112 valence electrons. The van der Waals surface area contributed by atoms with Crippen LogP contribution in [0.25, 0.3) is 0 Å². The molecule has 2 N–H and O–H groups in total. The monoisotopic (exact) mass is 276 g/mol. The number of benzene rings is 1. The van der Waals surface area contributed by atoms with E-state index < -0.39 is 0 Å². The molecule has 0 saturated heterocycles. The summed E-state index contributed by atoms with van der Waals surface area (Å²) in [4.78, 5) is 2.18. The molecule has 0 saturated carbocycles. The van der Waals surface area contributed by atoms with Crippen molar-refractivity contribution in [3.63, 3.8) is 0 Å². The standard InChI is InChI=1S/C17H28N2O/c1-5-9-19(10-11-20)14-16-8-6-7-15(12-16)13-18-17(2,3)4/h5-8,12,18,20H,1,9-11,13-14H2,2-4H3. The summed E-state index contributed by atoms with van der Waals surface area (Å²) in [6, 6.07) is 8.60. The summed E-state index contributed by atoms with van der Waals surface area (Å²) in [5.41, 5.74) is 2.69. The molecule has 0 aliphatic rings. The number of hydrogen-bond donors (Lipinski definition) is 2. The molecular formula is C17H28N2O. The van der Waals surface area contributed by atoms with Crippen molar-refractivity contribution in [1.29, 1.82) is 0 Å². The Labute approximate surface area is 123 Å². The van der Waals surface area contributed by atoms with Gasteiger partial charge in [-0.3, -0.25) is 4.90 Å². The minimum atomic E-state index is 0.127. The van der Waals surface area contributed by atoms with Gasteiger partial charge in [0.2, 0.25) is 0 Å². The molecule has 0 radical (unpaired) electrons. The molecular weight excluding hydrogens is 248 g/mol. The number of nitrogens with zero attached hydrogens (tertiary/aromatic N) is 1. The van der Waals surface area contributed by atoms with Crippen molar-refractivity contribution in [2.45, 2.75) is 39.4 Å². The van der Waals surface area contributed by atoms with Crippen LogP contribution in [-0.2, 0) is 13.1 Å². The third-order valence-electron chi connectivity index (χ3n) is 3.02. The summed E-state index contributed by atoms with van der Waals surface area (Å²) in [6.45, 7) is 13.6. The predicted molar refractivity (Wildman–Crippen MR) is 85.6 cm³/mol. The van der Waals surface area contributed by atoms with E-state index in [1.807, 2.05) is 6.08 Å². The first-order chi connectivity index (χ1) is 9.44. The summed E-state index contributed by atoms with van der Waals surface area (Å²) < 4.78 is 0. The van der Waals surface area contributed by atoms with E-state index in [1.165, 1.54) is 11.1 Å². The largest absolute Gasteiger partial charge is 0.395 e. The first-order valence-corrected chi connectivity index (χ1v) is 7.21. The van der Waals surface area contributed by atoms with Crippen LogP contribution in [0, 0.1) is 0 Å². The zero-order chi connectivity index (χ0) is 15.0. The van der Waals surface area contributed by atoms with Crippen molar-refractivity contribution in [2.24, 2.45) is 0 Å². The molecule has 3 heteroatoms. The highest BCUT2D eigenvalue weighted by Crippen LogP contribution is 2.10. The molecule has 0 fully saturated rings. The molecule has 0 atom stereocenters. The van der Waals surface area contributed by atoms with Gasteiger partial charge in [0.15, 0.2) is 0 Å². The number of aliphatic hydroxyl groups is 1. The molecule has 0 aliphatic heterocycles. The molecule has 0 spiro atoms. The summed E-state index contributed by atoms with van der Waals surface area (Å²) in [5.74, 6) is 0. The molecule has 20 heavy (non-hydrogen) atoms. The topological polar surface area (TPSA) is 35.5 Å². The molecule has 1 aromatic carbocycles. The number of nitrogens with one attached hydrogen (secondary N) is 1. The Morgan fingerprint density at radius 1 is 1.30 bits per heavy atom. The summed E-state index contributed by atoms with van der Waals surface area (Å²) >= 11 is 0. The molecule has 0 aromatic heterocycles. The van der Waals surface area contributed by atoms with Gasteiger partial charge in [-0.05, 0) is 31.9 Å². The van der Waals surface area contributed by atoms with Gasteiger partial charge in [-0.1, -0.05) is 30.3 Å². The third kappa shape index (κ3) is 6.85. The van der Waals surface area contributed by atoms with Gasteiger partial charge in [-0.15, -0.1) is 6.58 Å². The molecule has 1 rings (SSSR count). The average Bonchev–Trinajstić information content (AvgIpc) is 2.37. The molecule has 1 aromatic rings. The van der Waals surface area contributed by atoms with Crippen molar-refractivity contribution in [2.75, 3.05) is 19.7 Å². The van der Waals surface area contributed by atoms with Crippen LogP contribution in [0.3, 0.4) is 0 Å². The fourth-order valence-corrected chi connectivity index (χ4v) is 2.02. The van der Waals surface area contributed by atoms with Gasteiger partial charge in [-0.2, -0.15) is 0 Å². The highest BCUT2D eigenvalue weighted by molar-refractivity contribution is 5.23. The van der Waals surface area contributed by atoms with Gasteiger partial charge in [0.25, 0.3) is 0 Å². The maximum absolute atomic E-state index is 9.08. The predicted octanol–water partition coefficient (Wildman–Crippen LogP) is 2.56. The summed E-state index contributed by atoms with van der Waals surface area (Å²) in [7, 11) is 0. The van der Waals surface area contributed by atoms with Gasteiger partial charge >= 0.3 is 0 Å². The number of rotatable bonds is 8. The van der Waals surface area contributed by atoms with Crippen molar-refractivity contribution in [3.8, 4) is 0 Å². The zero-order valence-electron chi connectivity index (χ0n) is 13.0. The van der Waals surface area contributed by atoms with Crippen LogP contribution in [0.4, 0.5) is 0 Å². The summed E-state index contributed by atoms with van der Waals surface area (Å²) in [5, 5.41) is 12.6. The van der Waals surface area contributed by atoms with E-state index >= 15 is 0 Å². The lowest BCUT2D eigenvalue weighted by atomic mass is 10.1. The molecule has 0 amide bonds. The minimum absolute atomic E-state index is 0.127. The van der Waals surface area contributed by atoms with Crippen LogP contribution in [0.2, 0.25) is 0 Å². The fourth-order valence-electron chi connectivity index (χ4n) is 2.02. The van der Waals surface area contributed by atoms with Crippen molar-refractivity contribution in [1.82, 2.24) is 10.2 Å². The van der Waals surface area contributed by atoms with Crippen LogP contribution in [0.15, 0.2) is 36.9 Å². The van der Waals surface area contributed by atoms with Crippen molar-refractivity contribution < 1.29 is 5.11 Å². The molecule has 0 heterocycles. The first kappa shape index (κ1) is 16.9. The van der Waals surface area contributed by atoms with Gasteiger partial charge < -0.3 is 10.4 Å². The Balaban J connectivity index is 2.64. The lowest BCUT2D eigenvalue weighted by Gasteiger charge is -2.22. The van der Waals surface area contributed by atoms with E-state index in [0.717, 1.165) is 19.6 Å². The van der Waals surface area contributed by atoms with E-state index in [2.05, 4.69) is 61.8 Å². The Kier molecular flexibility index (Phi) is 6.93. The van der Waals surface area contributed by atoms with E-state index in [0.29, 0.717) is 6.54 Å². The number of hydrogen-bond acceptors (Lipinski definition) is 3. The fraction of sp³-hybridized carbons (Fsp3) is 0.529. The second kappa shape index (κ2) is 8.20. The van der Waals surface area contributed by atoms with E-state index in [4.69, 9.17) is 5.11 Å². The van der Waals surface area contributed by atoms with E-state index in [9.17, 15) is 0 Å². The van der Waals surface area contributed by atoms with E-state index in [-0.39, 0.29) is 12.1 Å². The SMILES string of the molecule is C=CCN(CCO)Cc1cccc(CNC(C)(C)C)c1. The maximum Gasteiger partial charge on any atom is 0.0558 e. The molecule has 0 unspecified atom stereocenters. The Morgan fingerprint density at radius 2 is 2.00 bits per heavy atom. The van der Waals surface area contributed by atoms with Crippen LogP contribution in [-0.4, -0.2) is 35.2 Å². The number of aliphatic hydroxyl groups excluding tert-OH is 1. The van der Waals surface area contributed by atoms with Gasteiger partial charge in [0.1, 0.15) is 0 Å². The molecule has 0 aliphatic carbocycles. The van der Waals surface area contributed by atoms with Crippen LogP contribution in [0.1, 0.15) is 31.9 Å². The van der Waals surface area contributed by atoms with Crippen molar-refractivity contribution >= 4 is 0 Å². The van der Waals surface area contributed by atoms with E-state index in [1.54, 1.807) is 0 Å². The third-order valence-corrected chi connectivity index (χ3v) is 3.02. The Hall–Kier alpha value is -1.16. The zero-order valence-corrected chi connectivity index (χ0v) is 13.0. The minimum Gasteiger partial charge on any atom is -0.395 e. The normalized spacial score (nSPS) is 11.8. The Bertz CT molecular complexity index is 410. The maximum atomic E-state index is 9.08. The second-order valence-corrected chi connectivity index (χ2v) is 6.17. The van der Waals surface area contributed by atoms with Crippen LogP contribution >= 0.6 is 0 Å². The summed E-state index contributed by atoms with van der Waals surface area (Å²) in [6.07, 6.45) is 1.88. The molecule has 3 nitrogen and oxygen atoms in total. The smallest absolute Gasteiger partial charge is 0.0558 e. The molecule has 0 bridgehead atoms. The quantitative estimate of drug-likeness (QED) is 0.716. The van der Waals surface area contributed by atoms with Gasteiger partial charge in [0, 0.05) is 31.7 Å². The Morgan fingerprint density at radius 3 is 2.60 bits per heavy atom. The highest BCUT2D eigenvalue weighted by atomic mass is 16.3. The first-order valence-electron chi connectivity index (χ1n) is 7.21. The second-order valence-electron chi connectivity index (χ2n) is 6.17. The lowest BCUT2D eigenvalue weighted by Crippen LogP contribution is -2.35. The van der Waals surface area contributed by atoms with Crippen LogP contribution in [0.5, 0.6) is 0 Å².